The van der Waals surface area contributed by atoms with E-state index in [0.717, 1.165) is 6.42 Å². The number of carbonyl (C=O) groups is 1. The molecule has 0 aliphatic heterocycles. The molecule has 0 aromatic carbocycles. The van der Waals surface area contributed by atoms with Gasteiger partial charge in [-0.05, 0) is 5.92 Å². The van der Waals surface area contributed by atoms with Gasteiger partial charge in [0.15, 0.2) is 0 Å². The first kappa shape index (κ1) is 12.4. The highest BCUT2D eigenvalue weighted by molar-refractivity contribution is 5.67. The van der Waals surface area contributed by atoms with Gasteiger partial charge in [0, 0.05) is 6.61 Å². The summed E-state index contributed by atoms with van der Waals surface area (Å²) in [7, 11) is 0. The molecule has 0 rings (SSSR count). The maximum atomic E-state index is 10.0. The number of hydrogen-bond donors (Lipinski definition) is 1. The van der Waals surface area contributed by atoms with Crippen LogP contribution in [0, 0.1) is 5.92 Å². The zero-order valence-electron chi connectivity index (χ0n) is 8.28. The Kier molecular flexibility index (Phi) is 7.63. The van der Waals surface area contributed by atoms with Crippen molar-refractivity contribution in [2.24, 2.45) is 5.92 Å². The smallest absolute Gasteiger partial charge is 0.329 e. The third-order valence-corrected chi connectivity index (χ3v) is 1.70. The van der Waals surface area contributed by atoms with Gasteiger partial charge >= 0.3 is 5.97 Å². The van der Waals surface area contributed by atoms with E-state index in [9.17, 15) is 4.79 Å². The Balaban J connectivity index is 3.04. The van der Waals surface area contributed by atoms with Gasteiger partial charge in [-0.25, -0.2) is 4.79 Å². The first-order valence-electron chi connectivity index (χ1n) is 4.54. The molecule has 0 amide bonds. The molecule has 0 aliphatic carbocycles. The van der Waals surface area contributed by atoms with Crippen LogP contribution in [0.3, 0.4) is 0 Å². The van der Waals surface area contributed by atoms with Gasteiger partial charge in [0.25, 0.3) is 0 Å². The molecule has 0 fully saturated rings. The normalized spacial score (nSPS) is 12.8. The van der Waals surface area contributed by atoms with Crippen molar-refractivity contribution in [3.63, 3.8) is 0 Å². The monoisotopic (exact) mass is 190 g/mol. The van der Waals surface area contributed by atoms with Crippen LogP contribution in [0.5, 0.6) is 0 Å². The Labute approximate surface area is 78.8 Å². The van der Waals surface area contributed by atoms with Gasteiger partial charge in [0.05, 0.1) is 13.2 Å². The number of rotatable bonds is 8. The molecule has 4 heteroatoms. The molecule has 0 radical (unpaired) electrons. The maximum Gasteiger partial charge on any atom is 0.329 e. The second-order valence-corrected chi connectivity index (χ2v) is 3.03. The molecular formula is C9H18O4. The molecule has 78 valence electrons. The van der Waals surface area contributed by atoms with Gasteiger partial charge in [-0.15, -0.1) is 0 Å². The maximum absolute atomic E-state index is 10.0. The quantitative estimate of drug-likeness (QED) is 0.583. The van der Waals surface area contributed by atoms with Crippen LogP contribution in [0.25, 0.3) is 0 Å². The average Bonchev–Trinajstić information content (AvgIpc) is 2.10. The highest BCUT2D eigenvalue weighted by atomic mass is 16.5. The largest absolute Gasteiger partial charge is 0.480 e. The summed E-state index contributed by atoms with van der Waals surface area (Å²) in [5, 5.41) is 8.23. The minimum Gasteiger partial charge on any atom is -0.480 e. The predicted octanol–water partition coefficient (Wildman–Crippen LogP) is 1.15. The Morgan fingerprint density at radius 3 is 2.54 bits per heavy atom. The van der Waals surface area contributed by atoms with Gasteiger partial charge in [-0.2, -0.15) is 0 Å². The number of ether oxygens (including phenoxy) is 2. The van der Waals surface area contributed by atoms with Crippen LogP contribution in [0.4, 0.5) is 0 Å². The van der Waals surface area contributed by atoms with E-state index < -0.39 is 5.97 Å². The standard InChI is InChI=1S/C9H18O4/c1-3-8(2)6-12-4-5-13-7-9(10)11/h8H,3-7H2,1-2H3,(H,10,11). The van der Waals surface area contributed by atoms with Crippen molar-refractivity contribution >= 4 is 5.97 Å². The molecule has 1 unspecified atom stereocenters. The lowest BCUT2D eigenvalue weighted by atomic mass is 10.1. The van der Waals surface area contributed by atoms with E-state index in [2.05, 4.69) is 13.8 Å². The molecule has 0 saturated heterocycles. The first-order chi connectivity index (χ1) is 6.16. The van der Waals surface area contributed by atoms with E-state index in [1.807, 2.05) is 0 Å². The van der Waals surface area contributed by atoms with Gasteiger partial charge in [0.2, 0.25) is 0 Å². The lowest BCUT2D eigenvalue weighted by molar-refractivity contribution is -0.142. The van der Waals surface area contributed by atoms with Crippen molar-refractivity contribution in [1.82, 2.24) is 0 Å². The lowest BCUT2D eigenvalue weighted by Crippen LogP contribution is -2.13. The Morgan fingerprint density at radius 2 is 2.00 bits per heavy atom. The molecule has 0 heterocycles. The van der Waals surface area contributed by atoms with E-state index in [4.69, 9.17) is 14.6 Å². The number of aliphatic carboxylic acids is 1. The molecular weight excluding hydrogens is 172 g/mol. The van der Waals surface area contributed by atoms with E-state index in [0.29, 0.717) is 25.7 Å². The minimum atomic E-state index is -0.943. The predicted molar refractivity (Wildman–Crippen MR) is 48.7 cm³/mol. The summed E-state index contributed by atoms with van der Waals surface area (Å²) in [5.41, 5.74) is 0. The summed E-state index contributed by atoms with van der Waals surface area (Å²) in [6.07, 6.45) is 1.09. The summed E-state index contributed by atoms with van der Waals surface area (Å²) in [4.78, 5) is 10.0. The van der Waals surface area contributed by atoms with Crippen LogP contribution >= 0.6 is 0 Å². The van der Waals surface area contributed by atoms with Gasteiger partial charge < -0.3 is 14.6 Å². The molecule has 1 N–H and O–H groups in total. The van der Waals surface area contributed by atoms with Crippen LogP contribution in [0.1, 0.15) is 20.3 Å². The molecule has 13 heavy (non-hydrogen) atoms. The number of hydrogen-bond acceptors (Lipinski definition) is 3. The van der Waals surface area contributed by atoms with Crippen molar-refractivity contribution < 1.29 is 19.4 Å². The Bertz CT molecular complexity index is 136. The molecule has 0 aromatic heterocycles. The average molecular weight is 190 g/mol. The van der Waals surface area contributed by atoms with Crippen LogP contribution in [-0.4, -0.2) is 37.5 Å². The Hall–Kier alpha value is -0.610. The molecule has 0 aliphatic rings. The summed E-state index contributed by atoms with van der Waals surface area (Å²) in [6.45, 7) is 5.51. The van der Waals surface area contributed by atoms with Gasteiger partial charge in [-0.3, -0.25) is 0 Å². The molecule has 0 bridgehead atoms. The molecule has 0 saturated carbocycles. The van der Waals surface area contributed by atoms with E-state index in [1.165, 1.54) is 0 Å². The molecule has 0 aromatic rings. The van der Waals surface area contributed by atoms with Crippen LogP contribution in [0.15, 0.2) is 0 Å². The number of carboxylic acid groups (broad SMARTS) is 1. The fraction of sp³-hybridized carbons (Fsp3) is 0.889. The van der Waals surface area contributed by atoms with E-state index in [1.54, 1.807) is 0 Å². The molecule has 1 atom stereocenters. The molecule has 0 spiro atoms. The van der Waals surface area contributed by atoms with E-state index in [-0.39, 0.29) is 6.61 Å². The topological polar surface area (TPSA) is 55.8 Å². The van der Waals surface area contributed by atoms with Crippen LogP contribution in [0.2, 0.25) is 0 Å². The van der Waals surface area contributed by atoms with Crippen molar-refractivity contribution in [3.8, 4) is 0 Å². The second-order valence-electron chi connectivity index (χ2n) is 3.03. The number of carboxylic acids is 1. The minimum absolute atomic E-state index is 0.243. The fourth-order valence-corrected chi connectivity index (χ4v) is 0.680. The summed E-state index contributed by atoms with van der Waals surface area (Å²) in [5.74, 6) is -0.388. The SMILES string of the molecule is CCC(C)COCCOCC(=O)O. The molecule has 4 nitrogen and oxygen atoms in total. The van der Waals surface area contributed by atoms with E-state index >= 15 is 0 Å². The van der Waals surface area contributed by atoms with Crippen LogP contribution < -0.4 is 0 Å². The second kappa shape index (κ2) is 8.01. The Morgan fingerprint density at radius 1 is 1.38 bits per heavy atom. The van der Waals surface area contributed by atoms with Crippen LogP contribution in [-0.2, 0) is 14.3 Å². The summed E-state index contributed by atoms with van der Waals surface area (Å²) >= 11 is 0. The zero-order valence-corrected chi connectivity index (χ0v) is 8.28. The van der Waals surface area contributed by atoms with Crippen molar-refractivity contribution in [2.45, 2.75) is 20.3 Å². The third-order valence-electron chi connectivity index (χ3n) is 1.70. The lowest BCUT2D eigenvalue weighted by Gasteiger charge is -2.08. The van der Waals surface area contributed by atoms with Gasteiger partial charge in [0.1, 0.15) is 6.61 Å². The zero-order chi connectivity index (χ0) is 10.1. The third kappa shape index (κ3) is 9.30. The summed E-state index contributed by atoms with van der Waals surface area (Å²) in [6, 6.07) is 0. The van der Waals surface area contributed by atoms with Crippen molar-refractivity contribution in [3.05, 3.63) is 0 Å². The van der Waals surface area contributed by atoms with Gasteiger partial charge in [-0.1, -0.05) is 20.3 Å². The van der Waals surface area contributed by atoms with Crippen molar-refractivity contribution in [2.75, 3.05) is 26.4 Å². The fourth-order valence-electron chi connectivity index (χ4n) is 0.680. The summed E-state index contributed by atoms with van der Waals surface area (Å²) < 4.78 is 10.0. The first-order valence-corrected chi connectivity index (χ1v) is 4.54. The van der Waals surface area contributed by atoms with Crippen molar-refractivity contribution in [1.29, 1.82) is 0 Å². The highest BCUT2D eigenvalue weighted by Gasteiger charge is 1.99. The highest BCUT2D eigenvalue weighted by Crippen LogP contribution is 1.99.